The van der Waals surface area contributed by atoms with Crippen molar-refractivity contribution >= 4 is 17.6 Å². The van der Waals surface area contributed by atoms with Gasteiger partial charge in [0.05, 0.1) is 6.42 Å². The summed E-state index contributed by atoms with van der Waals surface area (Å²) in [6.45, 7) is 2.24. The van der Waals surface area contributed by atoms with Gasteiger partial charge in [-0.1, -0.05) is 12.1 Å². The fourth-order valence-electron chi connectivity index (χ4n) is 3.78. The number of likely N-dealkylation sites (tertiary alicyclic amines) is 1. The number of amides is 3. The van der Waals surface area contributed by atoms with E-state index in [1.54, 1.807) is 18.5 Å². The third-order valence-corrected chi connectivity index (χ3v) is 5.50. The highest BCUT2D eigenvalue weighted by Gasteiger charge is 2.21. The highest BCUT2D eigenvalue weighted by molar-refractivity contribution is 6.01. The van der Waals surface area contributed by atoms with Crippen LogP contribution in [0.3, 0.4) is 0 Å². The maximum Gasteiger partial charge on any atom is 0.325 e. The summed E-state index contributed by atoms with van der Waals surface area (Å²) in [4.78, 5) is 30.5. The van der Waals surface area contributed by atoms with Crippen molar-refractivity contribution in [2.24, 2.45) is 5.73 Å². The van der Waals surface area contributed by atoms with Gasteiger partial charge in [0.1, 0.15) is 11.6 Å². The molecule has 1 aliphatic heterocycles. The SMILES string of the molecule is NC1CCN(Cc2cnccc2Oc2ccc(NC(=O)NC(=O)Cc3ccc(F)cc3)cc2F)C1. The molecule has 0 aliphatic carbocycles. The molecule has 1 fully saturated rings. The molecule has 0 bridgehead atoms. The second-order valence-corrected chi connectivity index (χ2v) is 8.32. The zero-order chi connectivity index (χ0) is 24.8. The molecular formula is C25H25F2N5O3. The lowest BCUT2D eigenvalue weighted by molar-refractivity contribution is -0.119. The summed E-state index contributed by atoms with van der Waals surface area (Å²) in [5.74, 6) is -1.24. The van der Waals surface area contributed by atoms with Crippen LogP contribution in [0.2, 0.25) is 0 Å². The van der Waals surface area contributed by atoms with E-state index in [0.29, 0.717) is 17.9 Å². The number of urea groups is 1. The number of carbonyl (C=O) groups excluding carboxylic acids is 2. The number of carbonyl (C=O) groups is 2. The number of halogens is 2. The largest absolute Gasteiger partial charge is 0.454 e. The second-order valence-electron chi connectivity index (χ2n) is 8.32. The highest BCUT2D eigenvalue weighted by atomic mass is 19.1. The van der Waals surface area contributed by atoms with Gasteiger partial charge in [-0.05, 0) is 42.3 Å². The number of nitrogens with two attached hydrogens (primary N) is 1. The van der Waals surface area contributed by atoms with E-state index in [1.807, 2.05) is 0 Å². The summed E-state index contributed by atoms with van der Waals surface area (Å²) >= 11 is 0. The smallest absolute Gasteiger partial charge is 0.325 e. The molecule has 4 N–H and O–H groups in total. The first kappa shape index (κ1) is 24.2. The van der Waals surface area contributed by atoms with Crippen LogP contribution in [0.1, 0.15) is 17.5 Å². The number of rotatable bonds is 7. The van der Waals surface area contributed by atoms with Crippen LogP contribution in [0.25, 0.3) is 0 Å². The predicted octanol–water partition coefficient (Wildman–Crippen LogP) is 3.58. The van der Waals surface area contributed by atoms with Gasteiger partial charge in [0.15, 0.2) is 11.6 Å². The minimum atomic E-state index is -0.814. The first-order valence-electron chi connectivity index (χ1n) is 11.1. The average Bonchev–Trinajstić information content (AvgIpc) is 3.22. The van der Waals surface area contributed by atoms with Crippen LogP contribution in [0.4, 0.5) is 19.3 Å². The van der Waals surface area contributed by atoms with E-state index >= 15 is 0 Å². The van der Waals surface area contributed by atoms with Gasteiger partial charge in [-0.25, -0.2) is 13.6 Å². The average molecular weight is 482 g/mol. The molecule has 0 saturated carbocycles. The standard InChI is InChI=1S/C25H25F2N5O3/c26-18-3-1-16(2-4-18)11-24(33)31-25(34)30-20-5-6-23(21(27)12-20)35-22-7-9-29-13-17(22)14-32-10-8-19(28)15-32/h1-7,9,12-13,19H,8,10-11,14-15,28H2,(H2,30,31,33,34). The molecule has 35 heavy (non-hydrogen) atoms. The van der Waals surface area contributed by atoms with E-state index in [2.05, 4.69) is 20.5 Å². The number of anilines is 1. The molecule has 2 heterocycles. The number of imide groups is 1. The van der Waals surface area contributed by atoms with Gasteiger partial charge in [0, 0.05) is 55.4 Å². The number of pyridine rings is 1. The lowest BCUT2D eigenvalue weighted by atomic mass is 10.1. The van der Waals surface area contributed by atoms with Crippen LogP contribution in [-0.2, 0) is 17.8 Å². The van der Waals surface area contributed by atoms with Crippen molar-refractivity contribution in [1.29, 1.82) is 0 Å². The third-order valence-electron chi connectivity index (χ3n) is 5.50. The Balaban J connectivity index is 1.34. The van der Waals surface area contributed by atoms with Crippen LogP contribution in [0.15, 0.2) is 60.9 Å². The Kier molecular flexibility index (Phi) is 7.64. The maximum atomic E-state index is 14.7. The zero-order valence-electron chi connectivity index (χ0n) is 18.8. The Hall–Kier alpha value is -3.89. The van der Waals surface area contributed by atoms with Crippen LogP contribution >= 0.6 is 0 Å². The maximum absolute atomic E-state index is 14.7. The molecule has 3 aromatic rings. The van der Waals surface area contributed by atoms with Crippen LogP contribution in [-0.4, -0.2) is 41.0 Å². The Morgan fingerprint density at radius 1 is 1.11 bits per heavy atom. The number of nitrogens with one attached hydrogen (secondary N) is 2. The molecule has 0 radical (unpaired) electrons. The molecule has 1 saturated heterocycles. The van der Waals surface area contributed by atoms with Crippen molar-refractivity contribution < 1.29 is 23.1 Å². The number of benzene rings is 2. The van der Waals surface area contributed by atoms with Crippen molar-refractivity contribution in [3.05, 3.63) is 83.7 Å². The summed E-state index contributed by atoms with van der Waals surface area (Å²) in [6, 6.07) is 10.3. The van der Waals surface area contributed by atoms with Gasteiger partial charge in [-0.2, -0.15) is 0 Å². The minimum Gasteiger partial charge on any atom is -0.454 e. The summed E-state index contributed by atoms with van der Waals surface area (Å²) in [5.41, 5.74) is 7.47. The molecule has 182 valence electrons. The fraction of sp³-hybridized carbons (Fsp3) is 0.240. The first-order valence-corrected chi connectivity index (χ1v) is 11.1. The van der Waals surface area contributed by atoms with Gasteiger partial charge < -0.3 is 15.8 Å². The van der Waals surface area contributed by atoms with E-state index in [1.165, 1.54) is 36.4 Å². The van der Waals surface area contributed by atoms with Gasteiger partial charge in [-0.15, -0.1) is 0 Å². The molecule has 3 amide bonds. The Bertz CT molecular complexity index is 1210. The predicted molar refractivity (Wildman–Crippen MR) is 126 cm³/mol. The Morgan fingerprint density at radius 3 is 2.63 bits per heavy atom. The Morgan fingerprint density at radius 2 is 1.91 bits per heavy atom. The summed E-state index contributed by atoms with van der Waals surface area (Å²) < 4.78 is 33.5. The van der Waals surface area contributed by atoms with Crippen molar-refractivity contribution in [3.63, 3.8) is 0 Å². The molecular weight excluding hydrogens is 456 g/mol. The fourth-order valence-corrected chi connectivity index (χ4v) is 3.78. The van der Waals surface area contributed by atoms with Crippen molar-refractivity contribution in [2.75, 3.05) is 18.4 Å². The summed E-state index contributed by atoms with van der Waals surface area (Å²) in [6.07, 6.45) is 4.06. The quantitative estimate of drug-likeness (QED) is 0.476. The normalized spacial score (nSPS) is 15.6. The lowest BCUT2D eigenvalue weighted by Gasteiger charge is -2.18. The number of nitrogens with zero attached hydrogens (tertiary/aromatic N) is 2. The van der Waals surface area contributed by atoms with Gasteiger partial charge >= 0.3 is 6.03 Å². The first-order chi connectivity index (χ1) is 16.9. The lowest BCUT2D eigenvalue weighted by Crippen LogP contribution is -2.35. The van der Waals surface area contributed by atoms with Gasteiger partial charge in [0.25, 0.3) is 0 Å². The molecule has 1 atom stereocenters. The molecule has 1 unspecified atom stereocenters. The van der Waals surface area contributed by atoms with E-state index < -0.39 is 23.6 Å². The molecule has 10 heteroatoms. The van der Waals surface area contributed by atoms with E-state index in [9.17, 15) is 18.4 Å². The molecule has 4 rings (SSSR count). The highest BCUT2D eigenvalue weighted by Crippen LogP contribution is 2.30. The second kappa shape index (κ2) is 11.0. The van der Waals surface area contributed by atoms with Crippen LogP contribution in [0.5, 0.6) is 11.5 Å². The van der Waals surface area contributed by atoms with Gasteiger partial charge in [0.2, 0.25) is 5.91 Å². The number of hydrogen-bond acceptors (Lipinski definition) is 6. The van der Waals surface area contributed by atoms with E-state index in [-0.39, 0.29) is 23.9 Å². The van der Waals surface area contributed by atoms with Crippen LogP contribution < -0.4 is 21.1 Å². The van der Waals surface area contributed by atoms with Crippen molar-refractivity contribution in [3.8, 4) is 11.5 Å². The minimum absolute atomic E-state index is 0.0195. The number of ether oxygens (including phenoxy) is 1. The monoisotopic (exact) mass is 481 g/mol. The third kappa shape index (κ3) is 6.81. The molecule has 8 nitrogen and oxygen atoms in total. The van der Waals surface area contributed by atoms with Gasteiger partial charge in [-0.3, -0.25) is 20.0 Å². The van der Waals surface area contributed by atoms with E-state index in [0.717, 1.165) is 31.1 Å². The molecule has 1 aliphatic rings. The Labute approximate surface area is 201 Å². The number of hydrogen-bond donors (Lipinski definition) is 3. The summed E-state index contributed by atoms with van der Waals surface area (Å²) in [7, 11) is 0. The van der Waals surface area contributed by atoms with E-state index in [4.69, 9.17) is 10.5 Å². The number of aromatic nitrogens is 1. The van der Waals surface area contributed by atoms with Crippen LogP contribution in [0, 0.1) is 11.6 Å². The molecule has 0 spiro atoms. The van der Waals surface area contributed by atoms with Crippen molar-refractivity contribution in [1.82, 2.24) is 15.2 Å². The summed E-state index contributed by atoms with van der Waals surface area (Å²) in [5, 5.41) is 4.56. The topological polar surface area (TPSA) is 110 Å². The molecule has 1 aromatic heterocycles. The van der Waals surface area contributed by atoms with Crippen molar-refractivity contribution in [2.45, 2.75) is 25.4 Å². The zero-order valence-corrected chi connectivity index (χ0v) is 18.8. The molecule has 2 aromatic carbocycles.